The van der Waals surface area contributed by atoms with Gasteiger partial charge in [0.15, 0.2) is 0 Å². The second kappa shape index (κ2) is 4.93. The zero-order valence-electron chi connectivity index (χ0n) is 10.5. The van der Waals surface area contributed by atoms with Crippen LogP contribution in [0.1, 0.15) is 18.2 Å². The lowest BCUT2D eigenvalue weighted by molar-refractivity contribution is 0.0931. The molecule has 0 aliphatic rings. The molecular formula is C14H13F2NO2. The maximum absolute atomic E-state index is 13.3. The van der Waals surface area contributed by atoms with E-state index >= 15 is 0 Å². The van der Waals surface area contributed by atoms with Crippen molar-refractivity contribution in [1.29, 1.82) is 0 Å². The Balaban J connectivity index is 2.57. The van der Waals surface area contributed by atoms with Gasteiger partial charge in [-0.3, -0.25) is 4.98 Å². The highest BCUT2D eigenvalue weighted by Crippen LogP contribution is 2.34. The predicted molar refractivity (Wildman–Crippen MR) is 65.8 cm³/mol. The van der Waals surface area contributed by atoms with Crippen molar-refractivity contribution in [3.05, 3.63) is 59.4 Å². The fourth-order valence-electron chi connectivity index (χ4n) is 1.89. The zero-order valence-corrected chi connectivity index (χ0v) is 10.5. The highest BCUT2D eigenvalue weighted by molar-refractivity contribution is 5.39. The van der Waals surface area contributed by atoms with Crippen molar-refractivity contribution in [2.45, 2.75) is 12.5 Å². The van der Waals surface area contributed by atoms with Gasteiger partial charge in [0.2, 0.25) is 0 Å². The fraction of sp³-hybridized carbons (Fsp3) is 0.214. The molecule has 2 rings (SSSR count). The van der Waals surface area contributed by atoms with Gasteiger partial charge in [0.05, 0.1) is 7.11 Å². The van der Waals surface area contributed by atoms with Crippen molar-refractivity contribution < 1.29 is 18.6 Å². The molecule has 1 aromatic heterocycles. The lowest BCUT2D eigenvalue weighted by Gasteiger charge is -2.25. The van der Waals surface area contributed by atoms with Crippen LogP contribution in [-0.4, -0.2) is 17.2 Å². The third-order valence-electron chi connectivity index (χ3n) is 2.88. The minimum atomic E-state index is -1.66. The molecule has 0 saturated heterocycles. The van der Waals surface area contributed by atoms with E-state index in [0.717, 1.165) is 18.2 Å². The number of hydrogen-bond acceptors (Lipinski definition) is 3. The molecule has 0 bridgehead atoms. The molecule has 1 heterocycles. The predicted octanol–water partition coefficient (Wildman–Crippen LogP) is 2.62. The number of halogens is 2. The molecule has 0 spiro atoms. The van der Waals surface area contributed by atoms with Crippen molar-refractivity contribution in [1.82, 2.24) is 4.98 Å². The zero-order chi connectivity index (χ0) is 14.0. The van der Waals surface area contributed by atoms with Crippen LogP contribution in [0.25, 0.3) is 0 Å². The smallest absolute Gasteiger partial charge is 0.143 e. The molecule has 3 nitrogen and oxygen atoms in total. The van der Waals surface area contributed by atoms with Crippen LogP contribution in [0.4, 0.5) is 8.78 Å². The number of ether oxygens (including phenoxy) is 1. The maximum atomic E-state index is 13.3. The van der Waals surface area contributed by atoms with Crippen molar-refractivity contribution in [3.63, 3.8) is 0 Å². The second-order valence-corrected chi connectivity index (χ2v) is 4.28. The van der Waals surface area contributed by atoms with Gasteiger partial charge in [-0.05, 0) is 36.8 Å². The molecular weight excluding hydrogens is 252 g/mol. The first-order valence-corrected chi connectivity index (χ1v) is 5.63. The van der Waals surface area contributed by atoms with Gasteiger partial charge >= 0.3 is 0 Å². The molecule has 19 heavy (non-hydrogen) atoms. The summed E-state index contributed by atoms with van der Waals surface area (Å²) < 4.78 is 31.6. The van der Waals surface area contributed by atoms with Gasteiger partial charge in [-0.25, -0.2) is 8.78 Å². The van der Waals surface area contributed by atoms with Crippen molar-refractivity contribution in [3.8, 4) is 5.75 Å². The van der Waals surface area contributed by atoms with E-state index in [2.05, 4.69) is 4.98 Å². The van der Waals surface area contributed by atoms with Crippen LogP contribution in [0.3, 0.4) is 0 Å². The van der Waals surface area contributed by atoms with Crippen molar-refractivity contribution in [2.24, 2.45) is 0 Å². The summed E-state index contributed by atoms with van der Waals surface area (Å²) in [4.78, 5) is 4.04. The molecule has 0 aliphatic carbocycles. The number of benzene rings is 1. The number of aromatic nitrogens is 1. The largest absolute Gasteiger partial charge is 0.495 e. The van der Waals surface area contributed by atoms with E-state index in [0.29, 0.717) is 5.75 Å². The second-order valence-electron chi connectivity index (χ2n) is 4.28. The first-order chi connectivity index (χ1) is 8.95. The highest BCUT2D eigenvalue weighted by Gasteiger charge is 2.31. The number of aliphatic hydroxyl groups is 1. The van der Waals surface area contributed by atoms with Crippen LogP contribution >= 0.6 is 0 Å². The average molecular weight is 265 g/mol. The Hall–Kier alpha value is -2.01. The molecule has 0 radical (unpaired) electrons. The van der Waals surface area contributed by atoms with Crippen LogP contribution in [-0.2, 0) is 5.60 Å². The van der Waals surface area contributed by atoms with Crippen LogP contribution in [0.5, 0.6) is 5.75 Å². The molecule has 1 aromatic carbocycles. The molecule has 1 unspecified atom stereocenters. The number of rotatable bonds is 3. The van der Waals surface area contributed by atoms with Gasteiger partial charge in [-0.1, -0.05) is 0 Å². The van der Waals surface area contributed by atoms with E-state index < -0.39 is 17.2 Å². The Morgan fingerprint density at radius 3 is 2.42 bits per heavy atom. The van der Waals surface area contributed by atoms with Gasteiger partial charge in [-0.15, -0.1) is 0 Å². The normalized spacial score (nSPS) is 13.9. The van der Waals surface area contributed by atoms with E-state index in [1.165, 1.54) is 20.2 Å². The summed E-state index contributed by atoms with van der Waals surface area (Å²) in [5.41, 5.74) is -1.39. The number of hydrogen-bond donors (Lipinski definition) is 1. The minimum absolute atomic E-state index is 0.0713. The van der Waals surface area contributed by atoms with Crippen LogP contribution in [0.15, 0.2) is 36.5 Å². The Kier molecular flexibility index (Phi) is 3.48. The van der Waals surface area contributed by atoms with E-state index in [4.69, 9.17) is 4.74 Å². The summed E-state index contributed by atoms with van der Waals surface area (Å²) in [6, 6.07) is 6.14. The molecule has 0 amide bonds. The lowest BCUT2D eigenvalue weighted by Crippen LogP contribution is -2.25. The van der Waals surface area contributed by atoms with Gasteiger partial charge in [0, 0.05) is 12.3 Å². The number of methoxy groups -OCH3 is 1. The van der Waals surface area contributed by atoms with Gasteiger partial charge in [0.25, 0.3) is 0 Å². The molecule has 100 valence electrons. The molecule has 5 heteroatoms. The monoisotopic (exact) mass is 265 g/mol. The van der Waals surface area contributed by atoms with Crippen LogP contribution in [0, 0.1) is 11.6 Å². The van der Waals surface area contributed by atoms with Gasteiger partial charge in [0.1, 0.15) is 28.7 Å². The summed E-state index contributed by atoms with van der Waals surface area (Å²) in [5, 5.41) is 10.5. The molecule has 0 saturated carbocycles. The fourth-order valence-corrected chi connectivity index (χ4v) is 1.89. The molecule has 0 fully saturated rings. The number of pyridine rings is 1. The Bertz CT molecular complexity index is 579. The maximum Gasteiger partial charge on any atom is 0.143 e. The SMILES string of the molecule is COc1cccnc1C(C)(O)c1cc(F)cc(F)c1. The third-order valence-corrected chi connectivity index (χ3v) is 2.88. The number of nitrogens with zero attached hydrogens (tertiary/aromatic N) is 1. The summed E-state index contributed by atoms with van der Waals surface area (Å²) in [5.74, 6) is -1.17. The standard InChI is InChI=1S/C14H13F2NO2/c1-14(18,9-6-10(15)8-11(16)7-9)13-12(19-2)4-3-5-17-13/h3-8,18H,1-2H3. The van der Waals surface area contributed by atoms with E-state index in [1.807, 2.05) is 0 Å². The van der Waals surface area contributed by atoms with E-state index in [-0.39, 0.29) is 11.3 Å². The van der Waals surface area contributed by atoms with Gasteiger partial charge in [-0.2, -0.15) is 0 Å². The average Bonchev–Trinajstić information content (AvgIpc) is 2.37. The minimum Gasteiger partial charge on any atom is -0.495 e. The first-order valence-electron chi connectivity index (χ1n) is 5.63. The molecule has 0 aliphatic heterocycles. The summed E-state index contributed by atoms with van der Waals surface area (Å²) in [7, 11) is 1.43. The highest BCUT2D eigenvalue weighted by atomic mass is 19.1. The molecule has 1 N–H and O–H groups in total. The summed E-state index contributed by atoms with van der Waals surface area (Å²) in [6.45, 7) is 1.41. The van der Waals surface area contributed by atoms with Crippen LogP contribution in [0.2, 0.25) is 0 Å². The lowest BCUT2D eigenvalue weighted by atomic mass is 9.91. The Labute approximate surface area is 109 Å². The van der Waals surface area contributed by atoms with Crippen molar-refractivity contribution >= 4 is 0 Å². The third kappa shape index (κ3) is 2.56. The van der Waals surface area contributed by atoms with E-state index in [1.54, 1.807) is 12.1 Å². The molecule has 1 atom stereocenters. The summed E-state index contributed by atoms with van der Waals surface area (Å²) >= 11 is 0. The Morgan fingerprint density at radius 2 is 1.84 bits per heavy atom. The van der Waals surface area contributed by atoms with E-state index in [9.17, 15) is 13.9 Å². The van der Waals surface area contributed by atoms with Gasteiger partial charge < -0.3 is 9.84 Å². The van der Waals surface area contributed by atoms with Crippen LogP contribution < -0.4 is 4.74 Å². The molecule has 2 aromatic rings. The first kappa shape index (κ1) is 13.4. The quantitative estimate of drug-likeness (QED) is 0.927. The Morgan fingerprint density at radius 1 is 1.21 bits per heavy atom. The topological polar surface area (TPSA) is 42.4 Å². The van der Waals surface area contributed by atoms with Crippen molar-refractivity contribution in [2.75, 3.05) is 7.11 Å². The summed E-state index contributed by atoms with van der Waals surface area (Å²) in [6.07, 6.45) is 1.47.